The number of hydrogen-bond donors (Lipinski definition) is 0. The van der Waals surface area contributed by atoms with Crippen molar-refractivity contribution in [2.45, 2.75) is 0 Å². The SMILES string of the molecule is [N-]=[N+]=NC(C=O)=Cc1ccccc1. The molecule has 0 unspecified atom stereocenters. The minimum Gasteiger partial charge on any atom is -0.298 e. The normalized spacial score (nSPS) is 10.3. The number of nitrogens with zero attached hydrogens (tertiary/aromatic N) is 3. The molecule has 1 rings (SSSR count). The van der Waals surface area contributed by atoms with Crippen molar-refractivity contribution in [1.29, 1.82) is 0 Å². The molecule has 0 heterocycles. The van der Waals surface area contributed by atoms with Gasteiger partial charge in [-0.15, -0.1) is 0 Å². The van der Waals surface area contributed by atoms with Crippen LogP contribution < -0.4 is 0 Å². The number of rotatable bonds is 3. The summed E-state index contributed by atoms with van der Waals surface area (Å²) in [6.45, 7) is 0. The molecule has 1 aromatic carbocycles. The fraction of sp³-hybridized carbons (Fsp3) is 0. The second-order valence-electron chi connectivity index (χ2n) is 2.29. The lowest BCUT2D eigenvalue weighted by Gasteiger charge is -1.91. The van der Waals surface area contributed by atoms with Crippen molar-refractivity contribution in [2.24, 2.45) is 5.11 Å². The number of carbonyl (C=O) groups is 1. The van der Waals surface area contributed by atoms with E-state index in [2.05, 4.69) is 10.0 Å². The fourth-order valence-corrected chi connectivity index (χ4v) is 0.858. The van der Waals surface area contributed by atoms with Crippen molar-refractivity contribution in [3.63, 3.8) is 0 Å². The van der Waals surface area contributed by atoms with Gasteiger partial charge in [0.25, 0.3) is 0 Å². The van der Waals surface area contributed by atoms with E-state index in [1.54, 1.807) is 0 Å². The van der Waals surface area contributed by atoms with Crippen molar-refractivity contribution in [3.8, 4) is 0 Å². The van der Waals surface area contributed by atoms with Crippen LogP contribution in [0, 0.1) is 0 Å². The number of aldehydes is 1. The lowest BCUT2D eigenvalue weighted by atomic mass is 10.2. The monoisotopic (exact) mass is 173 g/mol. The Hall–Kier alpha value is -2.06. The smallest absolute Gasteiger partial charge is 0.152 e. The molecule has 4 heteroatoms. The summed E-state index contributed by atoms with van der Waals surface area (Å²) in [4.78, 5) is 12.9. The van der Waals surface area contributed by atoms with E-state index in [0.29, 0.717) is 6.29 Å². The molecule has 0 aromatic heterocycles. The largest absolute Gasteiger partial charge is 0.298 e. The van der Waals surface area contributed by atoms with E-state index in [0.717, 1.165) is 5.56 Å². The summed E-state index contributed by atoms with van der Waals surface area (Å²) >= 11 is 0. The van der Waals surface area contributed by atoms with Gasteiger partial charge in [-0.2, -0.15) is 0 Å². The van der Waals surface area contributed by atoms with Gasteiger partial charge < -0.3 is 0 Å². The van der Waals surface area contributed by atoms with Crippen LogP contribution in [0.2, 0.25) is 0 Å². The van der Waals surface area contributed by atoms with Gasteiger partial charge in [-0.05, 0) is 17.2 Å². The molecule has 0 bridgehead atoms. The number of hydrogen-bond acceptors (Lipinski definition) is 2. The quantitative estimate of drug-likeness (QED) is 0.228. The summed E-state index contributed by atoms with van der Waals surface area (Å²) in [5.74, 6) is 0. The molecule has 0 fully saturated rings. The van der Waals surface area contributed by atoms with Crippen LogP contribution in [-0.2, 0) is 4.79 Å². The average Bonchev–Trinajstić information content (AvgIpc) is 2.19. The molecule has 0 saturated carbocycles. The molecule has 0 spiro atoms. The molecule has 1 aromatic rings. The first-order valence-electron chi connectivity index (χ1n) is 3.64. The van der Waals surface area contributed by atoms with Crippen LogP contribution in [0.4, 0.5) is 0 Å². The van der Waals surface area contributed by atoms with Gasteiger partial charge in [-0.3, -0.25) is 4.79 Å². The number of azide groups is 1. The topological polar surface area (TPSA) is 65.8 Å². The molecule has 0 amide bonds. The predicted octanol–water partition coefficient (Wildman–Crippen LogP) is 2.54. The predicted molar refractivity (Wildman–Crippen MR) is 49.6 cm³/mol. The maximum absolute atomic E-state index is 10.4. The van der Waals surface area contributed by atoms with E-state index >= 15 is 0 Å². The third kappa shape index (κ3) is 2.81. The second-order valence-corrected chi connectivity index (χ2v) is 2.29. The molecule has 13 heavy (non-hydrogen) atoms. The number of carbonyl (C=O) groups excluding carboxylic acids is 1. The molecule has 0 aliphatic carbocycles. The highest BCUT2D eigenvalue weighted by Crippen LogP contribution is 2.05. The summed E-state index contributed by atoms with van der Waals surface area (Å²) < 4.78 is 0. The van der Waals surface area contributed by atoms with Gasteiger partial charge in [-0.1, -0.05) is 35.4 Å². The summed E-state index contributed by atoms with van der Waals surface area (Å²) in [7, 11) is 0. The molecule has 64 valence electrons. The van der Waals surface area contributed by atoms with Crippen molar-refractivity contribution < 1.29 is 4.79 Å². The second kappa shape index (κ2) is 4.74. The van der Waals surface area contributed by atoms with Gasteiger partial charge in [0.15, 0.2) is 6.29 Å². The molecule has 0 aliphatic heterocycles. The van der Waals surface area contributed by atoms with Crippen LogP contribution >= 0.6 is 0 Å². The van der Waals surface area contributed by atoms with E-state index in [-0.39, 0.29) is 5.70 Å². The number of allylic oxidation sites excluding steroid dienone is 1. The third-order valence-corrected chi connectivity index (χ3v) is 1.40. The first kappa shape index (κ1) is 9.03. The highest BCUT2D eigenvalue weighted by atomic mass is 16.1. The van der Waals surface area contributed by atoms with Crippen LogP contribution in [-0.4, -0.2) is 6.29 Å². The summed E-state index contributed by atoms with van der Waals surface area (Å²) in [5.41, 5.74) is 9.01. The van der Waals surface area contributed by atoms with E-state index in [1.165, 1.54) is 6.08 Å². The van der Waals surface area contributed by atoms with Crippen LogP contribution in [0.5, 0.6) is 0 Å². The van der Waals surface area contributed by atoms with Crippen LogP contribution in [0.15, 0.2) is 41.1 Å². The molecule has 0 N–H and O–H groups in total. The highest BCUT2D eigenvalue weighted by molar-refractivity contribution is 5.80. The third-order valence-electron chi connectivity index (χ3n) is 1.40. The zero-order valence-electron chi connectivity index (χ0n) is 6.79. The lowest BCUT2D eigenvalue weighted by Crippen LogP contribution is -1.78. The molecule has 0 aliphatic rings. The van der Waals surface area contributed by atoms with E-state index in [4.69, 9.17) is 5.53 Å². The molecule has 4 nitrogen and oxygen atoms in total. The first-order chi connectivity index (χ1) is 6.36. The summed E-state index contributed by atoms with van der Waals surface area (Å²) in [6, 6.07) is 9.17. The zero-order chi connectivity index (χ0) is 9.52. The summed E-state index contributed by atoms with van der Waals surface area (Å²) in [5, 5.41) is 3.21. The van der Waals surface area contributed by atoms with Gasteiger partial charge in [0.05, 0.1) is 5.70 Å². The minimum absolute atomic E-state index is 0.0775. The molecular weight excluding hydrogens is 166 g/mol. The Morgan fingerprint density at radius 1 is 1.38 bits per heavy atom. The Morgan fingerprint density at radius 2 is 2.08 bits per heavy atom. The van der Waals surface area contributed by atoms with Gasteiger partial charge in [0, 0.05) is 4.91 Å². The fourth-order valence-electron chi connectivity index (χ4n) is 0.858. The number of benzene rings is 1. The minimum atomic E-state index is 0.0775. The molecule has 0 saturated heterocycles. The Balaban J connectivity index is 2.98. The highest BCUT2D eigenvalue weighted by Gasteiger charge is 1.90. The van der Waals surface area contributed by atoms with Crippen LogP contribution in [0.1, 0.15) is 5.56 Å². The van der Waals surface area contributed by atoms with Gasteiger partial charge in [0.2, 0.25) is 0 Å². The van der Waals surface area contributed by atoms with Gasteiger partial charge in [0.1, 0.15) is 0 Å². The Morgan fingerprint density at radius 3 is 2.62 bits per heavy atom. The van der Waals surface area contributed by atoms with E-state index in [1.807, 2.05) is 30.3 Å². The van der Waals surface area contributed by atoms with Crippen LogP contribution in [0.25, 0.3) is 16.5 Å². The van der Waals surface area contributed by atoms with Crippen molar-refractivity contribution >= 4 is 12.4 Å². The Kier molecular flexibility index (Phi) is 3.30. The van der Waals surface area contributed by atoms with Crippen molar-refractivity contribution in [2.75, 3.05) is 0 Å². The molecule has 0 atom stereocenters. The average molecular weight is 173 g/mol. The molecular formula is C9H7N3O. The van der Waals surface area contributed by atoms with Gasteiger partial charge in [-0.25, -0.2) is 0 Å². The molecule has 0 radical (unpaired) electrons. The van der Waals surface area contributed by atoms with Crippen molar-refractivity contribution in [1.82, 2.24) is 0 Å². The van der Waals surface area contributed by atoms with Crippen molar-refractivity contribution in [3.05, 3.63) is 52.0 Å². The zero-order valence-corrected chi connectivity index (χ0v) is 6.79. The lowest BCUT2D eigenvalue weighted by molar-refractivity contribution is -0.104. The maximum Gasteiger partial charge on any atom is 0.152 e. The Labute approximate surface area is 75.1 Å². The van der Waals surface area contributed by atoms with E-state index < -0.39 is 0 Å². The van der Waals surface area contributed by atoms with Gasteiger partial charge >= 0.3 is 0 Å². The Bertz CT molecular complexity index is 364. The van der Waals surface area contributed by atoms with Crippen LogP contribution in [0.3, 0.4) is 0 Å². The standard InChI is InChI=1S/C9H7N3O/c10-12-11-9(7-13)6-8-4-2-1-3-5-8/h1-7H. The first-order valence-corrected chi connectivity index (χ1v) is 3.64. The summed E-state index contributed by atoms with van der Waals surface area (Å²) in [6.07, 6.45) is 2.04. The van der Waals surface area contributed by atoms with E-state index in [9.17, 15) is 4.79 Å². The maximum atomic E-state index is 10.4.